The summed E-state index contributed by atoms with van der Waals surface area (Å²) in [5, 5.41) is 70.0. The molecule has 2 saturated heterocycles. The number of aliphatic hydroxyl groups excluding tert-OH is 7. The molecule has 0 aromatic rings. The number of hydrogen-bond acceptors (Lipinski definition) is 11. The summed E-state index contributed by atoms with van der Waals surface area (Å²) in [5.41, 5.74) is 6.11. The van der Waals surface area contributed by atoms with Crippen molar-refractivity contribution in [1.29, 1.82) is 0 Å². The minimum atomic E-state index is -1.68. The molecule has 9 N–H and O–H groups in total. The van der Waals surface area contributed by atoms with Crippen molar-refractivity contribution < 1.29 is 50.0 Å². The van der Waals surface area contributed by atoms with Crippen molar-refractivity contribution in [2.75, 3.05) is 13.2 Å². The van der Waals surface area contributed by atoms with Gasteiger partial charge in [-0.1, -0.05) is 26.2 Å². The molecule has 2 aliphatic rings. The second kappa shape index (κ2) is 12.0. The molecular weight excluding hydrogens is 402 g/mol. The number of unbranched alkanes of at least 4 members (excludes halogenated alkanes) is 2. The predicted molar refractivity (Wildman–Crippen MR) is 103 cm³/mol. The second-order valence-electron chi connectivity index (χ2n) is 8.17. The first-order valence-corrected chi connectivity index (χ1v) is 10.6. The summed E-state index contributed by atoms with van der Waals surface area (Å²) in [6, 6.07) is -0.245. The standard InChI is InChI=1S/C19H37NO10/c1-2-3-4-5-9(20)6-10-13(23)16(26)18(12(8-22)28-10)30-19-17(27)15(25)14(24)11(7-21)29-19/h9-19,21-27H,2-8,20H2,1H3/t9?,10-,11+,12+,13-,14+,15-,16+,17+,18+,19-/m0/s1. The van der Waals surface area contributed by atoms with Gasteiger partial charge in [-0.2, -0.15) is 0 Å². The van der Waals surface area contributed by atoms with E-state index in [1.165, 1.54) is 0 Å². The number of hydrogen-bond donors (Lipinski definition) is 8. The summed E-state index contributed by atoms with van der Waals surface area (Å²) in [6.07, 6.45) is -9.58. The van der Waals surface area contributed by atoms with Crippen LogP contribution < -0.4 is 5.73 Å². The van der Waals surface area contributed by atoms with Crippen molar-refractivity contribution in [2.24, 2.45) is 5.73 Å². The molecule has 0 spiro atoms. The highest BCUT2D eigenvalue weighted by molar-refractivity contribution is 4.96. The van der Waals surface area contributed by atoms with Crippen LogP contribution in [-0.2, 0) is 14.2 Å². The van der Waals surface area contributed by atoms with Gasteiger partial charge in [0.05, 0.1) is 19.3 Å². The van der Waals surface area contributed by atoms with Gasteiger partial charge >= 0.3 is 0 Å². The van der Waals surface area contributed by atoms with E-state index in [1.54, 1.807) is 0 Å². The van der Waals surface area contributed by atoms with Gasteiger partial charge in [-0.05, 0) is 12.8 Å². The molecule has 0 saturated carbocycles. The summed E-state index contributed by atoms with van der Waals surface area (Å²) >= 11 is 0. The quantitative estimate of drug-likeness (QED) is 0.161. The Balaban J connectivity index is 2.02. The molecule has 0 radical (unpaired) electrons. The fourth-order valence-corrected chi connectivity index (χ4v) is 3.93. The van der Waals surface area contributed by atoms with Crippen molar-refractivity contribution in [3.63, 3.8) is 0 Å². The topological polar surface area (TPSA) is 195 Å². The molecule has 11 heteroatoms. The van der Waals surface area contributed by atoms with Crippen LogP contribution in [-0.4, -0.2) is 116 Å². The Bertz CT molecular complexity index is 496. The molecule has 1 unspecified atom stereocenters. The van der Waals surface area contributed by atoms with Crippen LogP contribution in [0.25, 0.3) is 0 Å². The lowest BCUT2D eigenvalue weighted by molar-refractivity contribution is -0.342. The third-order valence-electron chi connectivity index (χ3n) is 5.82. The van der Waals surface area contributed by atoms with Gasteiger partial charge in [0, 0.05) is 6.04 Å². The number of ether oxygens (including phenoxy) is 3. The molecule has 0 amide bonds. The average molecular weight is 440 g/mol. The highest BCUT2D eigenvalue weighted by Crippen LogP contribution is 2.30. The Kier molecular flexibility index (Phi) is 10.3. The van der Waals surface area contributed by atoms with E-state index in [-0.39, 0.29) is 12.5 Å². The largest absolute Gasteiger partial charge is 0.394 e. The lowest BCUT2D eigenvalue weighted by atomic mass is 9.90. The molecule has 11 nitrogen and oxygen atoms in total. The predicted octanol–water partition coefficient (Wildman–Crippen LogP) is -3.05. The molecule has 0 aromatic carbocycles. The smallest absolute Gasteiger partial charge is 0.187 e. The van der Waals surface area contributed by atoms with Gasteiger partial charge in [-0.15, -0.1) is 0 Å². The monoisotopic (exact) mass is 439 g/mol. The van der Waals surface area contributed by atoms with Crippen LogP contribution in [0.15, 0.2) is 0 Å². The van der Waals surface area contributed by atoms with Gasteiger partial charge in [0.25, 0.3) is 0 Å². The third kappa shape index (κ3) is 6.08. The van der Waals surface area contributed by atoms with Gasteiger partial charge in [0.2, 0.25) is 0 Å². The van der Waals surface area contributed by atoms with Crippen LogP contribution >= 0.6 is 0 Å². The molecule has 178 valence electrons. The zero-order chi connectivity index (χ0) is 22.4. The summed E-state index contributed by atoms with van der Waals surface area (Å²) in [5.74, 6) is 0. The molecular formula is C19H37NO10. The van der Waals surface area contributed by atoms with E-state index < -0.39 is 74.4 Å². The molecule has 11 atom stereocenters. The maximum atomic E-state index is 10.6. The zero-order valence-electron chi connectivity index (χ0n) is 17.2. The first kappa shape index (κ1) is 25.8. The summed E-state index contributed by atoms with van der Waals surface area (Å²) in [6.45, 7) is 0.892. The zero-order valence-corrected chi connectivity index (χ0v) is 17.2. The minimum Gasteiger partial charge on any atom is -0.394 e. The van der Waals surface area contributed by atoms with Crippen LogP contribution in [0, 0.1) is 0 Å². The maximum absolute atomic E-state index is 10.6. The normalized spacial score (nSPS) is 43.5. The van der Waals surface area contributed by atoms with E-state index in [0.717, 1.165) is 25.7 Å². The maximum Gasteiger partial charge on any atom is 0.187 e. The van der Waals surface area contributed by atoms with Crippen molar-refractivity contribution in [2.45, 2.75) is 106 Å². The Hall–Kier alpha value is -0.440. The van der Waals surface area contributed by atoms with Gasteiger partial charge < -0.3 is 55.7 Å². The Labute approximate surface area is 176 Å². The average Bonchev–Trinajstić information content (AvgIpc) is 2.73. The Morgan fingerprint density at radius 3 is 2.03 bits per heavy atom. The number of aliphatic hydroxyl groups is 7. The molecule has 2 heterocycles. The van der Waals surface area contributed by atoms with Crippen molar-refractivity contribution in [1.82, 2.24) is 0 Å². The van der Waals surface area contributed by atoms with E-state index >= 15 is 0 Å². The highest BCUT2D eigenvalue weighted by atomic mass is 16.7. The number of rotatable bonds is 10. The van der Waals surface area contributed by atoms with E-state index in [1.807, 2.05) is 0 Å². The molecule has 30 heavy (non-hydrogen) atoms. The van der Waals surface area contributed by atoms with Gasteiger partial charge in [0.1, 0.15) is 48.8 Å². The summed E-state index contributed by atoms with van der Waals surface area (Å²) < 4.78 is 16.5. The van der Waals surface area contributed by atoms with Crippen LogP contribution in [0.4, 0.5) is 0 Å². The first-order chi connectivity index (χ1) is 14.2. The minimum absolute atomic E-state index is 0.245. The molecule has 2 rings (SSSR count). The molecule has 2 fully saturated rings. The van der Waals surface area contributed by atoms with E-state index in [0.29, 0.717) is 0 Å². The van der Waals surface area contributed by atoms with E-state index in [4.69, 9.17) is 19.9 Å². The van der Waals surface area contributed by atoms with Crippen LogP contribution in [0.1, 0.15) is 39.0 Å². The molecule has 0 aromatic heterocycles. The van der Waals surface area contributed by atoms with E-state index in [9.17, 15) is 35.7 Å². The number of nitrogens with two attached hydrogens (primary N) is 1. The fraction of sp³-hybridized carbons (Fsp3) is 1.00. The van der Waals surface area contributed by atoms with Gasteiger partial charge in [-0.25, -0.2) is 0 Å². The second-order valence-corrected chi connectivity index (χ2v) is 8.17. The SMILES string of the molecule is CCCCCC(N)C[C@@H]1O[C@H](CO)[C@@H](O[C@@H]2O[C@H](CO)[C@@H](O)[C@H](O)[C@H]2O)[C@H](O)[C@H]1O. The summed E-state index contributed by atoms with van der Waals surface area (Å²) in [7, 11) is 0. The van der Waals surface area contributed by atoms with E-state index in [2.05, 4.69) is 6.92 Å². The molecule has 0 bridgehead atoms. The lowest BCUT2D eigenvalue weighted by Gasteiger charge is -2.46. The first-order valence-electron chi connectivity index (χ1n) is 10.6. The Morgan fingerprint density at radius 1 is 0.800 bits per heavy atom. The third-order valence-corrected chi connectivity index (χ3v) is 5.82. The van der Waals surface area contributed by atoms with Gasteiger partial charge in [-0.3, -0.25) is 0 Å². The van der Waals surface area contributed by atoms with Crippen LogP contribution in [0.3, 0.4) is 0 Å². The lowest BCUT2D eigenvalue weighted by Crippen LogP contribution is -2.64. The highest BCUT2D eigenvalue weighted by Gasteiger charge is 2.50. The van der Waals surface area contributed by atoms with Crippen molar-refractivity contribution >= 4 is 0 Å². The van der Waals surface area contributed by atoms with Crippen molar-refractivity contribution in [3.05, 3.63) is 0 Å². The Morgan fingerprint density at radius 2 is 1.43 bits per heavy atom. The fourth-order valence-electron chi connectivity index (χ4n) is 3.93. The van der Waals surface area contributed by atoms with Gasteiger partial charge in [0.15, 0.2) is 6.29 Å². The van der Waals surface area contributed by atoms with Crippen LogP contribution in [0.2, 0.25) is 0 Å². The summed E-state index contributed by atoms with van der Waals surface area (Å²) in [4.78, 5) is 0. The van der Waals surface area contributed by atoms with Crippen molar-refractivity contribution in [3.8, 4) is 0 Å². The van der Waals surface area contributed by atoms with Crippen LogP contribution in [0.5, 0.6) is 0 Å². The molecule has 0 aliphatic carbocycles. The molecule has 2 aliphatic heterocycles.